The molecule has 0 unspecified atom stereocenters. The van der Waals surface area contributed by atoms with Crippen molar-refractivity contribution in [3.63, 3.8) is 0 Å². The molecular formula is C12H17F2NO4Si. The fourth-order valence-electron chi connectivity index (χ4n) is 1.64. The molecule has 0 saturated heterocycles. The van der Waals surface area contributed by atoms with E-state index in [2.05, 4.69) is 0 Å². The van der Waals surface area contributed by atoms with Crippen molar-refractivity contribution in [3.05, 3.63) is 33.9 Å². The summed E-state index contributed by atoms with van der Waals surface area (Å²) in [5.41, 5.74) is -0.607. The smallest absolute Gasteiger partial charge is 0.314 e. The van der Waals surface area contributed by atoms with Crippen LogP contribution in [0.1, 0.15) is 6.92 Å². The van der Waals surface area contributed by atoms with Crippen LogP contribution in [0.4, 0.5) is 14.5 Å². The molecule has 0 aliphatic carbocycles. The average molecular weight is 305 g/mol. The third-order valence-electron chi connectivity index (χ3n) is 2.24. The van der Waals surface area contributed by atoms with Crippen LogP contribution in [0.5, 0.6) is 5.75 Å². The standard InChI is InChI=1S/C12H17F2NO4Si/c1-8(19-20(2,3)4)7-18-12-10(15(16)17)6-5-9(13)11(12)14/h5-6,8H,7H2,1-4H3/t8-/m1/s1. The van der Waals surface area contributed by atoms with E-state index in [1.54, 1.807) is 6.92 Å². The number of nitro groups is 1. The largest absolute Gasteiger partial charge is 0.482 e. The van der Waals surface area contributed by atoms with Crippen molar-refractivity contribution in [1.29, 1.82) is 0 Å². The van der Waals surface area contributed by atoms with Gasteiger partial charge in [0.25, 0.3) is 0 Å². The lowest BCUT2D eigenvalue weighted by Gasteiger charge is -2.23. The molecule has 0 N–H and O–H groups in total. The molecule has 0 fully saturated rings. The molecule has 112 valence electrons. The van der Waals surface area contributed by atoms with Crippen LogP contribution in [-0.4, -0.2) is 26.0 Å². The molecule has 5 nitrogen and oxygen atoms in total. The fourth-order valence-corrected chi connectivity index (χ4v) is 2.92. The Morgan fingerprint density at radius 2 is 1.95 bits per heavy atom. The van der Waals surface area contributed by atoms with Gasteiger partial charge in [-0.05, 0) is 32.6 Å². The van der Waals surface area contributed by atoms with E-state index in [0.29, 0.717) is 6.07 Å². The molecule has 0 aromatic heterocycles. The first-order chi connectivity index (χ1) is 9.11. The van der Waals surface area contributed by atoms with E-state index in [0.717, 1.165) is 6.07 Å². The lowest BCUT2D eigenvalue weighted by atomic mass is 10.2. The Balaban J connectivity index is 2.87. The van der Waals surface area contributed by atoms with E-state index in [9.17, 15) is 18.9 Å². The number of hydrogen-bond donors (Lipinski definition) is 0. The van der Waals surface area contributed by atoms with E-state index in [1.807, 2.05) is 19.6 Å². The number of nitrogens with zero attached hydrogens (tertiary/aromatic N) is 1. The van der Waals surface area contributed by atoms with Gasteiger partial charge in [-0.3, -0.25) is 10.1 Å². The molecule has 8 heteroatoms. The van der Waals surface area contributed by atoms with Crippen LogP contribution in [0, 0.1) is 21.7 Å². The first-order valence-electron chi connectivity index (χ1n) is 6.05. The molecule has 0 spiro atoms. The van der Waals surface area contributed by atoms with Gasteiger partial charge >= 0.3 is 5.69 Å². The van der Waals surface area contributed by atoms with E-state index < -0.39 is 36.3 Å². The highest BCUT2D eigenvalue weighted by Crippen LogP contribution is 2.31. The summed E-state index contributed by atoms with van der Waals surface area (Å²) in [6.07, 6.45) is -0.371. The first kappa shape index (κ1) is 16.5. The maximum atomic E-state index is 13.6. The molecule has 0 saturated carbocycles. The van der Waals surface area contributed by atoms with Crippen molar-refractivity contribution in [2.24, 2.45) is 0 Å². The first-order valence-corrected chi connectivity index (χ1v) is 9.45. The highest BCUT2D eigenvalue weighted by Gasteiger charge is 2.25. The van der Waals surface area contributed by atoms with Gasteiger partial charge in [0.1, 0.15) is 6.61 Å². The minimum atomic E-state index is -1.80. The zero-order valence-electron chi connectivity index (χ0n) is 11.8. The third-order valence-corrected chi connectivity index (χ3v) is 3.35. The summed E-state index contributed by atoms with van der Waals surface area (Å²) in [6, 6.07) is 1.57. The van der Waals surface area contributed by atoms with Crippen molar-refractivity contribution in [2.75, 3.05) is 6.61 Å². The predicted octanol–water partition coefficient (Wildman–Crippen LogP) is 3.49. The topological polar surface area (TPSA) is 61.6 Å². The van der Waals surface area contributed by atoms with Gasteiger partial charge < -0.3 is 9.16 Å². The van der Waals surface area contributed by atoms with Gasteiger partial charge in [-0.1, -0.05) is 0 Å². The van der Waals surface area contributed by atoms with Crippen LogP contribution in [0.25, 0.3) is 0 Å². The average Bonchev–Trinajstić information content (AvgIpc) is 2.28. The van der Waals surface area contributed by atoms with Crippen LogP contribution < -0.4 is 4.74 Å². The van der Waals surface area contributed by atoms with Gasteiger partial charge in [-0.15, -0.1) is 0 Å². The third kappa shape index (κ3) is 4.53. The minimum absolute atomic E-state index is 0.0918. The number of halogens is 2. The quantitative estimate of drug-likeness (QED) is 0.458. The summed E-state index contributed by atoms with van der Waals surface area (Å²) in [4.78, 5) is 9.95. The molecule has 20 heavy (non-hydrogen) atoms. The van der Waals surface area contributed by atoms with E-state index in [-0.39, 0.29) is 12.7 Å². The van der Waals surface area contributed by atoms with Gasteiger partial charge in [-0.2, -0.15) is 4.39 Å². The lowest BCUT2D eigenvalue weighted by Crippen LogP contribution is -2.33. The van der Waals surface area contributed by atoms with Crippen molar-refractivity contribution < 1.29 is 22.9 Å². The van der Waals surface area contributed by atoms with Crippen LogP contribution >= 0.6 is 0 Å². The second kappa shape index (κ2) is 6.27. The van der Waals surface area contributed by atoms with Crippen LogP contribution in [0.3, 0.4) is 0 Å². The molecule has 1 aromatic rings. The van der Waals surface area contributed by atoms with Crippen molar-refractivity contribution in [3.8, 4) is 5.75 Å². The van der Waals surface area contributed by atoms with E-state index >= 15 is 0 Å². The molecule has 1 atom stereocenters. The lowest BCUT2D eigenvalue weighted by molar-refractivity contribution is -0.386. The second-order valence-corrected chi connectivity index (χ2v) is 9.78. The minimum Gasteiger partial charge on any atom is -0.482 e. The number of rotatable bonds is 6. The molecule has 0 bridgehead atoms. The summed E-state index contributed by atoms with van der Waals surface area (Å²) in [6.45, 7) is 7.52. The molecule has 1 aromatic carbocycles. The Morgan fingerprint density at radius 1 is 1.35 bits per heavy atom. The molecular weight excluding hydrogens is 288 g/mol. The SMILES string of the molecule is C[C@H](COc1c([N+](=O)[O-])ccc(F)c1F)O[Si](C)(C)C. The zero-order valence-corrected chi connectivity index (χ0v) is 12.8. The van der Waals surface area contributed by atoms with Crippen LogP contribution in [-0.2, 0) is 4.43 Å². The predicted molar refractivity (Wildman–Crippen MR) is 72.4 cm³/mol. The molecule has 0 radical (unpaired) electrons. The normalized spacial score (nSPS) is 13.1. The Kier molecular flexibility index (Phi) is 5.18. The number of ether oxygens (including phenoxy) is 1. The fraction of sp³-hybridized carbons (Fsp3) is 0.500. The van der Waals surface area contributed by atoms with E-state index in [1.165, 1.54) is 0 Å². The van der Waals surface area contributed by atoms with Crippen LogP contribution in [0.15, 0.2) is 12.1 Å². The summed E-state index contributed by atoms with van der Waals surface area (Å²) in [7, 11) is -1.80. The number of benzene rings is 1. The molecule has 1 rings (SSSR count). The Bertz CT molecular complexity index is 505. The molecule has 0 aliphatic heterocycles. The number of nitro benzene ring substituents is 1. The van der Waals surface area contributed by atoms with Crippen molar-refractivity contribution in [2.45, 2.75) is 32.7 Å². The Labute approximate surface area is 116 Å². The Hall–Kier alpha value is -1.54. The summed E-state index contributed by atoms with van der Waals surface area (Å²) in [5.74, 6) is -3.25. The molecule has 0 amide bonds. The van der Waals surface area contributed by atoms with Gasteiger partial charge in [0.05, 0.1) is 11.0 Å². The van der Waals surface area contributed by atoms with Crippen molar-refractivity contribution in [1.82, 2.24) is 0 Å². The van der Waals surface area contributed by atoms with E-state index in [4.69, 9.17) is 9.16 Å². The second-order valence-electron chi connectivity index (χ2n) is 5.32. The number of hydrogen-bond acceptors (Lipinski definition) is 4. The summed E-state index contributed by atoms with van der Waals surface area (Å²) in [5, 5.41) is 10.8. The van der Waals surface area contributed by atoms with Crippen molar-refractivity contribution >= 4 is 14.0 Å². The van der Waals surface area contributed by atoms with Gasteiger partial charge in [-0.25, -0.2) is 4.39 Å². The summed E-state index contributed by atoms with van der Waals surface area (Å²) >= 11 is 0. The van der Waals surface area contributed by atoms with Gasteiger partial charge in [0, 0.05) is 6.07 Å². The Morgan fingerprint density at radius 3 is 2.45 bits per heavy atom. The highest BCUT2D eigenvalue weighted by molar-refractivity contribution is 6.69. The monoisotopic (exact) mass is 305 g/mol. The van der Waals surface area contributed by atoms with Gasteiger partial charge in [0.2, 0.25) is 11.6 Å². The molecule has 0 heterocycles. The zero-order chi connectivity index (χ0) is 15.5. The molecule has 0 aliphatic rings. The van der Waals surface area contributed by atoms with Crippen LogP contribution in [0.2, 0.25) is 19.6 Å². The highest BCUT2D eigenvalue weighted by atomic mass is 28.4. The maximum absolute atomic E-state index is 13.6. The summed E-state index contributed by atoms with van der Waals surface area (Å²) < 4.78 is 37.4. The maximum Gasteiger partial charge on any atom is 0.314 e. The van der Waals surface area contributed by atoms with Gasteiger partial charge in [0.15, 0.2) is 14.1 Å².